The van der Waals surface area contributed by atoms with E-state index in [1.165, 1.54) is 5.56 Å². The topological polar surface area (TPSA) is 55.1 Å². The zero-order chi connectivity index (χ0) is 14.4. The molecule has 0 aromatic heterocycles. The first-order valence-corrected chi connectivity index (χ1v) is 6.81. The van der Waals surface area contributed by atoms with Crippen molar-refractivity contribution in [3.05, 3.63) is 65.2 Å². The number of nitrogens with one attached hydrogen (secondary N) is 1. The van der Waals surface area contributed by atoms with Gasteiger partial charge >= 0.3 is 0 Å². The van der Waals surface area contributed by atoms with Gasteiger partial charge in [-0.25, -0.2) is 0 Å². The number of amides is 1. The highest BCUT2D eigenvalue weighted by Crippen LogP contribution is 2.12. The van der Waals surface area contributed by atoms with E-state index in [0.717, 1.165) is 16.8 Å². The van der Waals surface area contributed by atoms with Gasteiger partial charge in [0.05, 0.1) is 0 Å². The quantitative estimate of drug-likeness (QED) is 0.819. The monoisotopic (exact) mass is 268 g/mol. The van der Waals surface area contributed by atoms with Gasteiger partial charge < -0.3 is 11.1 Å². The standard InChI is InChI=1S/C17H20N2O/c1-13-5-4-6-14(11-13)12-19-17(20)10-9-15-7-2-3-8-16(15)18/h2-8,11H,9-10,12,18H2,1H3,(H,19,20). The number of carbonyl (C=O) groups is 1. The molecule has 3 nitrogen and oxygen atoms in total. The van der Waals surface area contributed by atoms with Gasteiger partial charge in [0, 0.05) is 18.7 Å². The summed E-state index contributed by atoms with van der Waals surface area (Å²) in [5.41, 5.74) is 9.96. The van der Waals surface area contributed by atoms with Crippen LogP contribution in [0, 0.1) is 6.92 Å². The molecule has 2 aromatic rings. The maximum atomic E-state index is 11.8. The molecule has 0 aliphatic rings. The van der Waals surface area contributed by atoms with Crippen LogP contribution in [0.15, 0.2) is 48.5 Å². The van der Waals surface area contributed by atoms with Crippen molar-refractivity contribution in [3.8, 4) is 0 Å². The van der Waals surface area contributed by atoms with E-state index in [1.54, 1.807) is 0 Å². The fourth-order valence-electron chi connectivity index (χ4n) is 2.12. The third-order valence-corrected chi connectivity index (χ3v) is 3.25. The van der Waals surface area contributed by atoms with E-state index in [0.29, 0.717) is 19.4 Å². The molecule has 3 heteroatoms. The van der Waals surface area contributed by atoms with E-state index >= 15 is 0 Å². The Labute approximate surface area is 119 Å². The Balaban J connectivity index is 1.80. The van der Waals surface area contributed by atoms with Gasteiger partial charge in [-0.1, -0.05) is 48.0 Å². The number of aryl methyl sites for hydroxylation is 2. The summed E-state index contributed by atoms with van der Waals surface area (Å²) in [4.78, 5) is 11.8. The number of hydrogen-bond acceptors (Lipinski definition) is 2. The number of para-hydroxylation sites is 1. The molecule has 0 aliphatic carbocycles. The summed E-state index contributed by atoms with van der Waals surface area (Å²) < 4.78 is 0. The lowest BCUT2D eigenvalue weighted by Crippen LogP contribution is -2.23. The molecular formula is C17H20N2O. The second-order valence-electron chi connectivity index (χ2n) is 4.96. The minimum absolute atomic E-state index is 0.0507. The van der Waals surface area contributed by atoms with Crippen molar-refractivity contribution >= 4 is 11.6 Å². The molecule has 2 rings (SSSR count). The fraction of sp³-hybridized carbons (Fsp3) is 0.235. The molecule has 104 valence electrons. The van der Waals surface area contributed by atoms with Crippen LogP contribution in [0.3, 0.4) is 0 Å². The van der Waals surface area contributed by atoms with Crippen molar-refractivity contribution in [2.24, 2.45) is 0 Å². The molecule has 1 amide bonds. The van der Waals surface area contributed by atoms with Crippen LogP contribution in [-0.2, 0) is 17.8 Å². The number of hydrogen-bond donors (Lipinski definition) is 2. The van der Waals surface area contributed by atoms with Crippen molar-refractivity contribution in [2.75, 3.05) is 5.73 Å². The number of benzene rings is 2. The van der Waals surface area contributed by atoms with Crippen molar-refractivity contribution in [3.63, 3.8) is 0 Å². The molecule has 0 spiro atoms. The van der Waals surface area contributed by atoms with Crippen molar-refractivity contribution in [2.45, 2.75) is 26.3 Å². The summed E-state index contributed by atoms with van der Waals surface area (Å²) in [6.07, 6.45) is 1.13. The van der Waals surface area contributed by atoms with Crippen LogP contribution in [0.4, 0.5) is 5.69 Å². The molecule has 0 radical (unpaired) electrons. The zero-order valence-corrected chi connectivity index (χ0v) is 11.7. The summed E-state index contributed by atoms with van der Waals surface area (Å²) in [5, 5.41) is 2.94. The maximum absolute atomic E-state index is 11.8. The van der Waals surface area contributed by atoms with Crippen molar-refractivity contribution in [1.82, 2.24) is 5.32 Å². The largest absolute Gasteiger partial charge is 0.399 e. The lowest BCUT2D eigenvalue weighted by Gasteiger charge is -2.07. The highest BCUT2D eigenvalue weighted by atomic mass is 16.1. The third kappa shape index (κ3) is 4.12. The predicted molar refractivity (Wildman–Crippen MR) is 82.2 cm³/mol. The first-order valence-electron chi connectivity index (χ1n) is 6.81. The number of rotatable bonds is 5. The summed E-state index contributed by atoms with van der Waals surface area (Å²) in [6.45, 7) is 2.62. The molecule has 0 heterocycles. The Hall–Kier alpha value is -2.29. The van der Waals surface area contributed by atoms with Crippen LogP contribution in [0.5, 0.6) is 0 Å². The molecule has 0 bridgehead atoms. The van der Waals surface area contributed by atoms with Crippen LogP contribution >= 0.6 is 0 Å². The fourth-order valence-corrected chi connectivity index (χ4v) is 2.12. The van der Waals surface area contributed by atoms with E-state index in [9.17, 15) is 4.79 Å². The first kappa shape index (κ1) is 14.1. The molecule has 0 saturated heterocycles. The molecule has 0 unspecified atom stereocenters. The van der Waals surface area contributed by atoms with Crippen LogP contribution in [0.25, 0.3) is 0 Å². The third-order valence-electron chi connectivity index (χ3n) is 3.25. The average Bonchev–Trinajstić information content (AvgIpc) is 2.44. The Bertz CT molecular complexity index is 593. The number of carbonyl (C=O) groups excluding carboxylic acids is 1. The Morgan fingerprint density at radius 3 is 2.70 bits per heavy atom. The van der Waals surface area contributed by atoms with E-state index < -0.39 is 0 Å². The van der Waals surface area contributed by atoms with Crippen LogP contribution in [-0.4, -0.2) is 5.91 Å². The van der Waals surface area contributed by atoms with Crippen molar-refractivity contribution in [1.29, 1.82) is 0 Å². The van der Waals surface area contributed by atoms with Gasteiger partial charge in [0.15, 0.2) is 0 Å². The van der Waals surface area contributed by atoms with Crippen LogP contribution in [0.1, 0.15) is 23.1 Å². The predicted octanol–water partition coefficient (Wildman–Crippen LogP) is 2.83. The van der Waals surface area contributed by atoms with Gasteiger partial charge in [-0.05, 0) is 30.5 Å². The number of nitrogens with two attached hydrogens (primary N) is 1. The van der Waals surface area contributed by atoms with Crippen LogP contribution in [0.2, 0.25) is 0 Å². The molecule has 0 fully saturated rings. The van der Waals surface area contributed by atoms with Gasteiger partial charge in [-0.3, -0.25) is 4.79 Å². The Kier molecular flexibility index (Phi) is 4.77. The minimum Gasteiger partial charge on any atom is -0.399 e. The minimum atomic E-state index is 0.0507. The van der Waals surface area contributed by atoms with Gasteiger partial charge in [-0.15, -0.1) is 0 Å². The summed E-state index contributed by atoms with van der Waals surface area (Å²) in [5.74, 6) is 0.0507. The van der Waals surface area contributed by atoms with Gasteiger partial charge in [0.25, 0.3) is 0 Å². The highest BCUT2D eigenvalue weighted by Gasteiger charge is 2.04. The van der Waals surface area contributed by atoms with Gasteiger partial charge in [-0.2, -0.15) is 0 Å². The van der Waals surface area contributed by atoms with Crippen LogP contribution < -0.4 is 11.1 Å². The summed E-state index contributed by atoms with van der Waals surface area (Å²) in [6, 6.07) is 15.8. The first-order chi connectivity index (χ1) is 9.65. The van der Waals surface area contributed by atoms with Gasteiger partial charge in [0.1, 0.15) is 0 Å². The van der Waals surface area contributed by atoms with Gasteiger partial charge in [0.2, 0.25) is 5.91 Å². The molecule has 0 atom stereocenters. The Morgan fingerprint density at radius 2 is 1.95 bits per heavy atom. The van der Waals surface area contributed by atoms with E-state index in [-0.39, 0.29) is 5.91 Å². The SMILES string of the molecule is Cc1cccc(CNC(=O)CCc2ccccc2N)c1. The molecular weight excluding hydrogens is 248 g/mol. The molecule has 0 aliphatic heterocycles. The zero-order valence-electron chi connectivity index (χ0n) is 11.7. The normalized spacial score (nSPS) is 10.2. The molecule has 3 N–H and O–H groups in total. The van der Waals surface area contributed by atoms with E-state index in [4.69, 9.17) is 5.73 Å². The number of anilines is 1. The van der Waals surface area contributed by atoms with E-state index in [2.05, 4.69) is 11.4 Å². The molecule has 0 saturated carbocycles. The average molecular weight is 268 g/mol. The van der Waals surface area contributed by atoms with E-state index in [1.807, 2.05) is 49.4 Å². The van der Waals surface area contributed by atoms with Crippen molar-refractivity contribution < 1.29 is 4.79 Å². The summed E-state index contributed by atoms with van der Waals surface area (Å²) in [7, 11) is 0. The Morgan fingerprint density at radius 1 is 1.15 bits per heavy atom. The second kappa shape index (κ2) is 6.75. The molecule has 2 aromatic carbocycles. The number of nitrogen functional groups attached to an aromatic ring is 1. The molecule has 20 heavy (non-hydrogen) atoms. The lowest BCUT2D eigenvalue weighted by atomic mass is 10.1. The maximum Gasteiger partial charge on any atom is 0.220 e. The smallest absolute Gasteiger partial charge is 0.220 e. The lowest BCUT2D eigenvalue weighted by molar-refractivity contribution is -0.121. The summed E-state index contributed by atoms with van der Waals surface area (Å²) >= 11 is 0. The second-order valence-corrected chi connectivity index (χ2v) is 4.96. The highest BCUT2D eigenvalue weighted by molar-refractivity contribution is 5.76.